The molecular formula is C11H6F3NO3. The topological polar surface area (TPSA) is 78.2 Å². The van der Waals surface area contributed by atoms with E-state index in [1.54, 1.807) is 0 Å². The summed E-state index contributed by atoms with van der Waals surface area (Å²) in [7, 11) is 0. The normalized spacial score (nSPS) is 10.8. The number of halogens is 3. The molecule has 1 N–H and O–H groups in total. The number of carboxylic acid groups (broad SMARTS) is 1. The zero-order valence-electron chi connectivity index (χ0n) is 8.78. The van der Waals surface area contributed by atoms with Crippen LogP contribution >= 0.6 is 0 Å². The van der Waals surface area contributed by atoms with Crippen molar-refractivity contribution in [3.8, 4) is 6.07 Å². The van der Waals surface area contributed by atoms with E-state index in [9.17, 15) is 22.8 Å². The predicted octanol–water partition coefficient (Wildman–Crippen LogP) is 2.02. The summed E-state index contributed by atoms with van der Waals surface area (Å²) in [6.07, 6.45) is -5.63. The number of carboxylic acids is 1. The van der Waals surface area contributed by atoms with E-state index in [4.69, 9.17) is 10.4 Å². The van der Waals surface area contributed by atoms with Gasteiger partial charge in [-0.25, -0.2) is 0 Å². The number of benzene rings is 1. The monoisotopic (exact) mass is 257 g/mol. The molecule has 1 rings (SSSR count). The number of aliphatic carboxylic acids is 1. The van der Waals surface area contributed by atoms with Gasteiger partial charge in [0, 0.05) is 5.56 Å². The quantitative estimate of drug-likeness (QED) is 0.840. The van der Waals surface area contributed by atoms with Crippen molar-refractivity contribution in [2.45, 2.75) is 12.6 Å². The lowest BCUT2D eigenvalue weighted by atomic mass is 9.95. The van der Waals surface area contributed by atoms with E-state index in [-0.39, 0.29) is 11.8 Å². The van der Waals surface area contributed by atoms with E-state index in [1.807, 2.05) is 0 Å². The van der Waals surface area contributed by atoms with Crippen LogP contribution < -0.4 is 0 Å². The van der Waals surface area contributed by atoms with Crippen LogP contribution in [0.5, 0.6) is 0 Å². The van der Waals surface area contributed by atoms with Crippen molar-refractivity contribution in [3.05, 3.63) is 34.4 Å². The van der Waals surface area contributed by atoms with Gasteiger partial charge in [-0.15, -0.1) is 0 Å². The third-order valence-corrected chi connectivity index (χ3v) is 2.19. The second kappa shape index (κ2) is 4.87. The Morgan fingerprint density at radius 2 is 2.06 bits per heavy atom. The van der Waals surface area contributed by atoms with Gasteiger partial charge < -0.3 is 5.11 Å². The van der Waals surface area contributed by atoms with Gasteiger partial charge in [0.1, 0.15) is 6.07 Å². The Bertz CT molecular complexity index is 544. The van der Waals surface area contributed by atoms with Crippen LogP contribution in [0.1, 0.15) is 27.0 Å². The summed E-state index contributed by atoms with van der Waals surface area (Å²) in [5.74, 6) is -1.36. The van der Waals surface area contributed by atoms with Gasteiger partial charge in [0.25, 0.3) is 0 Å². The highest BCUT2D eigenvalue weighted by molar-refractivity contribution is 5.81. The maximum absolute atomic E-state index is 12.7. The molecular weight excluding hydrogens is 251 g/mol. The summed E-state index contributed by atoms with van der Waals surface area (Å²) in [6.45, 7) is 0. The molecule has 0 saturated heterocycles. The summed E-state index contributed by atoms with van der Waals surface area (Å²) in [6, 6.07) is 3.20. The molecule has 0 fully saturated rings. The fraction of sp³-hybridized carbons (Fsp3) is 0.182. The number of rotatable bonds is 3. The molecule has 94 valence electrons. The zero-order valence-corrected chi connectivity index (χ0v) is 8.78. The standard InChI is InChI=1S/C11H6F3NO3/c12-11(13,14)10-7(5-16)2-1-6(3-9(17)18)8(10)4-15/h1-2,5H,3H2,(H,17,18). The minimum absolute atomic E-state index is 0.0196. The van der Waals surface area contributed by atoms with Crippen molar-refractivity contribution < 1.29 is 27.9 Å². The van der Waals surface area contributed by atoms with Gasteiger partial charge >= 0.3 is 12.1 Å². The van der Waals surface area contributed by atoms with E-state index in [0.717, 1.165) is 12.1 Å². The van der Waals surface area contributed by atoms with Crippen LogP contribution in [-0.4, -0.2) is 17.4 Å². The maximum atomic E-state index is 12.7. The lowest BCUT2D eigenvalue weighted by molar-refractivity contribution is -0.139. The Balaban J connectivity index is 3.59. The second-order valence-corrected chi connectivity index (χ2v) is 3.36. The van der Waals surface area contributed by atoms with Gasteiger partial charge in [0.15, 0.2) is 6.29 Å². The van der Waals surface area contributed by atoms with E-state index in [0.29, 0.717) is 0 Å². The summed E-state index contributed by atoms with van der Waals surface area (Å²) in [5, 5.41) is 17.3. The highest BCUT2D eigenvalue weighted by Crippen LogP contribution is 2.35. The molecule has 0 aliphatic heterocycles. The highest BCUT2D eigenvalue weighted by Gasteiger charge is 2.37. The maximum Gasteiger partial charge on any atom is 0.418 e. The Morgan fingerprint density at radius 1 is 1.44 bits per heavy atom. The SMILES string of the molecule is N#Cc1c(CC(=O)O)ccc(C=O)c1C(F)(F)F. The van der Waals surface area contributed by atoms with Crippen LogP contribution in [0, 0.1) is 11.3 Å². The Hall–Kier alpha value is -2.36. The minimum atomic E-state index is -4.89. The van der Waals surface area contributed by atoms with E-state index in [1.165, 1.54) is 6.07 Å². The lowest BCUT2D eigenvalue weighted by Gasteiger charge is -2.13. The number of alkyl halides is 3. The molecule has 0 amide bonds. The van der Waals surface area contributed by atoms with E-state index < -0.39 is 35.3 Å². The Morgan fingerprint density at radius 3 is 2.44 bits per heavy atom. The highest BCUT2D eigenvalue weighted by atomic mass is 19.4. The molecule has 0 atom stereocenters. The Labute approximate surface area is 99.3 Å². The molecule has 0 saturated carbocycles. The van der Waals surface area contributed by atoms with Crippen LogP contribution in [0.2, 0.25) is 0 Å². The number of nitrogens with zero attached hydrogens (tertiary/aromatic N) is 1. The van der Waals surface area contributed by atoms with Gasteiger partial charge in [0.2, 0.25) is 0 Å². The minimum Gasteiger partial charge on any atom is -0.481 e. The summed E-state index contributed by atoms with van der Waals surface area (Å²) in [4.78, 5) is 21.0. The van der Waals surface area contributed by atoms with Crippen molar-refractivity contribution >= 4 is 12.3 Å². The van der Waals surface area contributed by atoms with Crippen molar-refractivity contribution in [2.75, 3.05) is 0 Å². The largest absolute Gasteiger partial charge is 0.481 e. The number of nitriles is 1. The van der Waals surface area contributed by atoms with Crippen molar-refractivity contribution in [1.82, 2.24) is 0 Å². The molecule has 4 nitrogen and oxygen atoms in total. The first kappa shape index (κ1) is 13.7. The summed E-state index contributed by atoms with van der Waals surface area (Å²) >= 11 is 0. The molecule has 1 aromatic carbocycles. The summed E-state index contributed by atoms with van der Waals surface area (Å²) < 4.78 is 38.2. The van der Waals surface area contributed by atoms with Crippen LogP contribution in [0.3, 0.4) is 0 Å². The molecule has 0 unspecified atom stereocenters. The van der Waals surface area contributed by atoms with E-state index in [2.05, 4.69) is 0 Å². The number of hydrogen-bond donors (Lipinski definition) is 1. The first-order valence-electron chi connectivity index (χ1n) is 4.61. The molecule has 1 aromatic rings. The number of carbonyl (C=O) groups is 2. The smallest absolute Gasteiger partial charge is 0.418 e. The number of aldehydes is 1. The van der Waals surface area contributed by atoms with Gasteiger partial charge in [-0.05, 0) is 5.56 Å². The van der Waals surface area contributed by atoms with Gasteiger partial charge in [0.05, 0.1) is 17.5 Å². The Kier molecular flexibility index (Phi) is 3.71. The predicted molar refractivity (Wildman–Crippen MR) is 52.9 cm³/mol. The van der Waals surface area contributed by atoms with Crippen LogP contribution in [0.15, 0.2) is 12.1 Å². The van der Waals surface area contributed by atoms with Gasteiger partial charge in [-0.3, -0.25) is 9.59 Å². The van der Waals surface area contributed by atoms with Crippen molar-refractivity contribution in [3.63, 3.8) is 0 Å². The number of carbonyl (C=O) groups excluding carboxylic acids is 1. The lowest BCUT2D eigenvalue weighted by Crippen LogP contribution is -2.15. The average Bonchev–Trinajstić information content (AvgIpc) is 2.26. The molecule has 7 heteroatoms. The zero-order chi connectivity index (χ0) is 13.9. The third-order valence-electron chi connectivity index (χ3n) is 2.19. The van der Waals surface area contributed by atoms with Crippen molar-refractivity contribution in [1.29, 1.82) is 5.26 Å². The molecule has 0 radical (unpaired) electrons. The van der Waals surface area contributed by atoms with Crippen LogP contribution in [0.25, 0.3) is 0 Å². The fourth-order valence-corrected chi connectivity index (χ4v) is 1.50. The van der Waals surface area contributed by atoms with Crippen LogP contribution in [0.4, 0.5) is 13.2 Å². The number of hydrogen-bond acceptors (Lipinski definition) is 3. The first-order chi connectivity index (χ1) is 8.31. The summed E-state index contributed by atoms with van der Waals surface area (Å²) in [5.41, 5.74) is -3.18. The molecule has 0 aromatic heterocycles. The molecule has 0 aliphatic rings. The van der Waals surface area contributed by atoms with Crippen LogP contribution in [-0.2, 0) is 17.4 Å². The third kappa shape index (κ3) is 2.66. The fourth-order valence-electron chi connectivity index (χ4n) is 1.50. The van der Waals surface area contributed by atoms with E-state index >= 15 is 0 Å². The van der Waals surface area contributed by atoms with Crippen molar-refractivity contribution in [2.24, 2.45) is 0 Å². The molecule has 0 heterocycles. The molecule has 0 bridgehead atoms. The molecule has 0 aliphatic carbocycles. The molecule has 0 spiro atoms. The van der Waals surface area contributed by atoms with Gasteiger partial charge in [-0.1, -0.05) is 12.1 Å². The average molecular weight is 257 g/mol. The van der Waals surface area contributed by atoms with Gasteiger partial charge in [-0.2, -0.15) is 18.4 Å². The second-order valence-electron chi connectivity index (χ2n) is 3.36. The first-order valence-corrected chi connectivity index (χ1v) is 4.61. The molecule has 18 heavy (non-hydrogen) atoms.